The molecule has 3 atom stereocenters. The van der Waals surface area contributed by atoms with Crippen LogP contribution in [0.25, 0.3) is 0 Å². The van der Waals surface area contributed by atoms with Crippen molar-refractivity contribution < 1.29 is 23.6 Å². The molecular formula is C25H21Cl2FN2O4. The Morgan fingerprint density at radius 1 is 0.941 bits per heavy atom. The largest absolute Gasteiger partial charge is 0.292 e. The molecular weight excluding hydrogens is 482 g/mol. The second-order valence-corrected chi connectivity index (χ2v) is 8.98. The summed E-state index contributed by atoms with van der Waals surface area (Å²) in [5.41, 5.74) is 0.271. The number of rotatable bonds is 7. The molecule has 4 rings (SSSR count). The zero-order chi connectivity index (χ0) is 24.4. The van der Waals surface area contributed by atoms with Crippen LogP contribution in [0.4, 0.5) is 4.39 Å². The van der Waals surface area contributed by atoms with E-state index < -0.39 is 47.2 Å². The van der Waals surface area contributed by atoms with Gasteiger partial charge in [-0.2, -0.15) is 5.01 Å². The standard InChI is InChI=1S/C25H21Cl2FN2O4/c26-14-13-21(22(31)15-7-11-18(28)12-8-15)29(23(32)16-5-9-17(27)10-6-16)30-24(33)19-3-1-2-4-20(19)25(30)34/h1-2,5-12,19-21H,3-4,13-14H2/t19-,20+,21-/m0/s1. The molecule has 34 heavy (non-hydrogen) atoms. The SMILES string of the molecule is O=C(c1ccc(F)cc1)[C@H](CCCl)N(C(=O)c1ccc(Cl)cc1)N1C(=O)[C@H]2CC=CC[C@H]2C1=O. The molecule has 2 aromatic carbocycles. The number of allylic oxidation sites excluding steroid dienone is 2. The Bertz CT molecular complexity index is 1120. The molecule has 176 valence electrons. The second kappa shape index (κ2) is 10.1. The van der Waals surface area contributed by atoms with Gasteiger partial charge in [0.05, 0.1) is 11.8 Å². The minimum atomic E-state index is -1.26. The fourth-order valence-corrected chi connectivity index (χ4v) is 4.70. The van der Waals surface area contributed by atoms with Gasteiger partial charge in [0, 0.05) is 22.0 Å². The third-order valence-electron chi connectivity index (χ3n) is 6.11. The predicted molar refractivity (Wildman–Crippen MR) is 125 cm³/mol. The summed E-state index contributed by atoms with van der Waals surface area (Å²) in [5, 5.41) is 2.14. The molecule has 1 aliphatic carbocycles. The van der Waals surface area contributed by atoms with E-state index in [2.05, 4.69) is 0 Å². The Morgan fingerprint density at radius 2 is 1.47 bits per heavy atom. The summed E-state index contributed by atoms with van der Waals surface area (Å²) in [5.74, 6) is -4.09. The van der Waals surface area contributed by atoms with Gasteiger partial charge in [-0.25, -0.2) is 9.40 Å². The first-order chi connectivity index (χ1) is 16.3. The number of imide groups is 1. The number of fused-ring (bicyclic) bond motifs is 1. The molecule has 0 N–H and O–H groups in total. The average Bonchev–Trinajstić information content (AvgIpc) is 3.09. The van der Waals surface area contributed by atoms with Crippen molar-refractivity contribution in [3.8, 4) is 0 Å². The maximum absolute atomic E-state index is 13.7. The molecule has 1 saturated heterocycles. The van der Waals surface area contributed by atoms with Gasteiger partial charge in [0.1, 0.15) is 11.9 Å². The number of carbonyl (C=O) groups excluding carboxylic acids is 4. The third kappa shape index (κ3) is 4.50. The van der Waals surface area contributed by atoms with Crippen LogP contribution in [0.3, 0.4) is 0 Å². The molecule has 0 bridgehead atoms. The quantitative estimate of drug-likeness (QED) is 0.238. The number of ketones is 1. The zero-order valence-corrected chi connectivity index (χ0v) is 19.5. The molecule has 6 nitrogen and oxygen atoms in total. The predicted octanol–water partition coefficient (Wildman–Crippen LogP) is 4.67. The Hall–Kier alpha value is -3.03. The van der Waals surface area contributed by atoms with Crippen LogP contribution in [0.2, 0.25) is 5.02 Å². The lowest BCUT2D eigenvalue weighted by atomic mass is 9.85. The average molecular weight is 503 g/mol. The number of hydrogen-bond donors (Lipinski definition) is 0. The number of nitrogens with zero attached hydrogens (tertiary/aromatic N) is 2. The van der Waals surface area contributed by atoms with E-state index in [0.29, 0.717) is 17.9 Å². The van der Waals surface area contributed by atoms with E-state index in [1.807, 2.05) is 12.2 Å². The van der Waals surface area contributed by atoms with E-state index in [1.54, 1.807) is 0 Å². The molecule has 0 spiro atoms. The van der Waals surface area contributed by atoms with Crippen LogP contribution in [0.5, 0.6) is 0 Å². The second-order valence-electron chi connectivity index (χ2n) is 8.17. The maximum atomic E-state index is 13.7. The first kappa shape index (κ1) is 24.1. The van der Waals surface area contributed by atoms with Gasteiger partial charge in [-0.05, 0) is 67.8 Å². The van der Waals surface area contributed by atoms with Crippen LogP contribution in [0.15, 0.2) is 60.7 Å². The first-order valence-electron chi connectivity index (χ1n) is 10.8. The number of carbonyl (C=O) groups is 4. The van der Waals surface area contributed by atoms with Crippen molar-refractivity contribution in [2.45, 2.75) is 25.3 Å². The molecule has 9 heteroatoms. The summed E-state index contributed by atoms with van der Waals surface area (Å²) in [6.45, 7) is 0. The van der Waals surface area contributed by atoms with Crippen molar-refractivity contribution in [2.75, 3.05) is 5.88 Å². The molecule has 1 aliphatic heterocycles. The summed E-state index contributed by atoms with van der Waals surface area (Å²) < 4.78 is 13.4. The van der Waals surface area contributed by atoms with Crippen LogP contribution >= 0.6 is 23.2 Å². The van der Waals surface area contributed by atoms with Crippen molar-refractivity contribution in [1.82, 2.24) is 10.0 Å². The summed E-state index contributed by atoms with van der Waals surface area (Å²) in [6.07, 6.45) is 4.39. The molecule has 3 amide bonds. The number of benzene rings is 2. The molecule has 1 fully saturated rings. The lowest BCUT2D eigenvalue weighted by Crippen LogP contribution is -2.57. The number of hydrogen-bond acceptors (Lipinski definition) is 4. The van der Waals surface area contributed by atoms with Crippen molar-refractivity contribution >= 4 is 46.7 Å². The smallest absolute Gasteiger partial charge is 0.273 e. The highest BCUT2D eigenvalue weighted by molar-refractivity contribution is 6.30. The van der Waals surface area contributed by atoms with Gasteiger partial charge >= 0.3 is 0 Å². The highest BCUT2D eigenvalue weighted by Gasteiger charge is 2.53. The summed E-state index contributed by atoms with van der Waals surface area (Å²) in [4.78, 5) is 53.9. The van der Waals surface area contributed by atoms with Crippen LogP contribution < -0.4 is 0 Å². The minimum Gasteiger partial charge on any atom is -0.292 e. The number of hydrazine groups is 1. The van der Waals surface area contributed by atoms with Gasteiger partial charge < -0.3 is 0 Å². The summed E-state index contributed by atoms with van der Waals surface area (Å²) >= 11 is 12.0. The van der Waals surface area contributed by atoms with E-state index in [0.717, 1.165) is 22.2 Å². The van der Waals surface area contributed by atoms with Gasteiger partial charge in [0.15, 0.2) is 5.78 Å². The minimum absolute atomic E-state index is 0.0212. The van der Waals surface area contributed by atoms with Gasteiger partial charge in [-0.15, -0.1) is 11.6 Å². The fourth-order valence-electron chi connectivity index (χ4n) is 4.37. The molecule has 0 aromatic heterocycles. The lowest BCUT2D eigenvalue weighted by Gasteiger charge is -2.36. The zero-order valence-electron chi connectivity index (χ0n) is 18.0. The number of halogens is 3. The van der Waals surface area contributed by atoms with Gasteiger partial charge in [-0.3, -0.25) is 19.2 Å². The Morgan fingerprint density at radius 3 is 2.00 bits per heavy atom. The Kier molecular flexibility index (Phi) is 7.14. The Labute approximate surface area is 205 Å². The van der Waals surface area contributed by atoms with Gasteiger partial charge in [-0.1, -0.05) is 23.8 Å². The van der Waals surface area contributed by atoms with Crippen LogP contribution in [0, 0.1) is 17.7 Å². The van der Waals surface area contributed by atoms with Crippen molar-refractivity contribution in [1.29, 1.82) is 0 Å². The Balaban J connectivity index is 1.80. The van der Waals surface area contributed by atoms with Gasteiger partial charge in [0.25, 0.3) is 17.7 Å². The normalized spacial score (nSPS) is 20.3. The van der Waals surface area contributed by atoms with Crippen LogP contribution in [0.1, 0.15) is 40.0 Å². The molecule has 0 unspecified atom stereocenters. The number of Topliss-reactive ketones (excluding diaryl/α,β-unsaturated/α-hetero) is 1. The number of amides is 3. The van der Waals surface area contributed by atoms with Crippen molar-refractivity contribution in [3.63, 3.8) is 0 Å². The monoisotopic (exact) mass is 502 g/mol. The lowest BCUT2D eigenvalue weighted by molar-refractivity contribution is -0.156. The maximum Gasteiger partial charge on any atom is 0.273 e. The van der Waals surface area contributed by atoms with E-state index in [-0.39, 0.29) is 23.4 Å². The first-order valence-corrected chi connectivity index (χ1v) is 11.7. The molecule has 2 aliphatic rings. The highest BCUT2D eigenvalue weighted by atomic mass is 35.5. The van der Waals surface area contributed by atoms with Crippen molar-refractivity contribution in [2.24, 2.45) is 11.8 Å². The molecule has 0 radical (unpaired) electrons. The third-order valence-corrected chi connectivity index (χ3v) is 6.58. The van der Waals surface area contributed by atoms with E-state index in [9.17, 15) is 23.6 Å². The highest BCUT2D eigenvalue weighted by Crippen LogP contribution is 2.37. The van der Waals surface area contributed by atoms with Crippen molar-refractivity contribution in [3.05, 3.63) is 82.6 Å². The topological polar surface area (TPSA) is 74.8 Å². The van der Waals surface area contributed by atoms with Crippen LogP contribution in [-0.4, -0.2) is 45.4 Å². The van der Waals surface area contributed by atoms with Gasteiger partial charge in [0.2, 0.25) is 0 Å². The molecule has 1 heterocycles. The fraction of sp³-hybridized carbons (Fsp3) is 0.280. The van der Waals surface area contributed by atoms with Crippen LogP contribution in [-0.2, 0) is 9.59 Å². The number of alkyl halides is 1. The summed E-state index contributed by atoms with van der Waals surface area (Å²) in [7, 11) is 0. The van der Waals surface area contributed by atoms with E-state index in [4.69, 9.17) is 23.2 Å². The molecule has 0 saturated carbocycles. The molecule has 2 aromatic rings. The van der Waals surface area contributed by atoms with E-state index in [1.165, 1.54) is 36.4 Å². The summed E-state index contributed by atoms with van der Waals surface area (Å²) in [6, 6.07) is 9.50. The van der Waals surface area contributed by atoms with E-state index >= 15 is 0 Å².